The van der Waals surface area contributed by atoms with Crippen LogP contribution in [0.3, 0.4) is 0 Å². The molecule has 0 bridgehead atoms. The van der Waals surface area contributed by atoms with Crippen molar-refractivity contribution >= 4 is 26.4 Å². The fourth-order valence-corrected chi connectivity index (χ4v) is 2.71. The summed E-state index contributed by atoms with van der Waals surface area (Å²) in [4.78, 5) is 10.5. The number of halogens is 1. The summed E-state index contributed by atoms with van der Waals surface area (Å²) in [7, 11) is -1.04. The molecule has 1 atom stereocenters. The van der Waals surface area contributed by atoms with E-state index < -0.39 is 14.8 Å². The Bertz CT molecular complexity index is 116. The van der Waals surface area contributed by atoms with E-state index in [1.807, 2.05) is 13.1 Å². The van der Waals surface area contributed by atoms with Crippen LogP contribution in [0.15, 0.2) is 0 Å². The van der Waals surface area contributed by atoms with Crippen molar-refractivity contribution in [3.05, 3.63) is 0 Å². The van der Waals surface area contributed by atoms with Crippen LogP contribution in [0.2, 0.25) is 18.6 Å². The minimum atomic E-state index is -1.04. The predicted molar refractivity (Wildman–Crippen MR) is 45.6 cm³/mol. The third kappa shape index (κ3) is 3.22. The lowest BCUT2D eigenvalue weighted by Crippen LogP contribution is -2.21. The molecule has 0 aliphatic heterocycles. The molecule has 0 spiro atoms. The van der Waals surface area contributed by atoms with Gasteiger partial charge in [-0.3, -0.25) is 4.79 Å². The lowest BCUT2D eigenvalue weighted by atomic mass is 10.3. The van der Waals surface area contributed by atoms with Crippen molar-refractivity contribution in [2.24, 2.45) is 0 Å². The number of rotatable bonds is 4. The summed E-state index contributed by atoms with van der Waals surface area (Å²) in [6, 6.07) is 0. The van der Waals surface area contributed by atoms with E-state index >= 15 is 0 Å². The Kier molecular flexibility index (Phi) is 4.73. The first-order valence-corrected chi connectivity index (χ1v) is 6.89. The van der Waals surface area contributed by atoms with E-state index in [2.05, 4.69) is 0 Å². The van der Waals surface area contributed by atoms with Gasteiger partial charge in [0.25, 0.3) is 0 Å². The Morgan fingerprint density at radius 1 is 1.70 bits per heavy atom. The second-order valence-corrected chi connectivity index (χ2v) is 6.34. The zero-order valence-electron chi connectivity index (χ0n) is 6.30. The van der Waals surface area contributed by atoms with Crippen LogP contribution >= 0.6 is 11.6 Å². The van der Waals surface area contributed by atoms with E-state index in [-0.39, 0.29) is 5.54 Å². The largest absolute Gasteiger partial charge is 0.481 e. The topological polar surface area (TPSA) is 37.3 Å². The van der Waals surface area contributed by atoms with Gasteiger partial charge in [0.05, 0.1) is 0 Å². The summed E-state index contributed by atoms with van der Waals surface area (Å²) in [5.74, 6) is -0.218. The van der Waals surface area contributed by atoms with Gasteiger partial charge in [0, 0.05) is 20.2 Å². The highest BCUT2D eigenvalue weighted by Gasteiger charge is 2.20. The molecular weight excluding hydrogens is 168 g/mol. The Morgan fingerprint density at radius 3 is 2.30 bits per heavy atom. The number of hydrogen-bond donors (Lipinski definition) is 1. The van der Waals surface area contributed by atoms with E-state index in [1.54, 1.807) is 0 Å². The monoisotopic (exact) mass is 180 g/mol. The minimum absolute atomic E-state index is 0.141. The van der Waals surface area contributed by atoms with Crippen LogP contribution in [0.4, 0.5) is 0 Å². The van der Waals surface area contributed by atoms with Gasteiger partial charge in [-0.25, -0.2) is 0 Å². The summed E-state index contributed by atoms with van der Waals surface area (Å²) < 4.78 is 0. The highest BCUT2D eigenvalue weighted by atomic mass is 35.5. The molecule has 0 radical (unpaired) electrons. The average Bonchev–Trinajstić information content (AvgIpc) is 1.81. The van der Waals surface area contributed by atoms with Crippen LogP contribution in [0.5, 0.6) is 0 Å². The second-order valence-electron chi connectivity index (χ2n) is 2.67. The van der Waals surface area contributed by atoms with Gasteiger partial charge in [-0.15, -0.1) is 11.6 Å². The molecule has 0 fully saturated rings. The first-order chi connectivity index (χ1) is 4.59. The van der Waals surface area contributed by atoms with Crippen molar-refractivity contribution in [2.75, 3.05) is 5.88 Å². The molecule has 0 amide bonds. The van der Waals surface area contributed by atoms with Crippen molar-refractivity contribution < 1.29 is 9.90 Å². The maximum absolute atomic E-state index is 10.5. The zero-order valence-corrected chi connectivity index (χ0v) is 8.21. The van der Waals surface area contributed by atoms with Crippen molar-refractivity contribution in [2.45, 2.75) is 25.1 Å². The summed E-state index contributed by atoms with van der Waals surface area (Å²) in [6.45, 7) is 4.07. The van der Waals surface area contributed by atoms with E-state index in [4.69, 9.17) is 16.7 Å². The number of carbonyl (C=O) groups is 1. The standard InChI is InChI=1S/C6H13ClO2Si/c1-10(2)5(3-4-7)6(8)9/h5,10H,3-4H2,1-2H3,(H,8,9). The van der Waals surface area contributed by atoms with Gasteiger partial charge in [0.15, 0.2) is 0 Å². The zero-order chi connectivity index (χ0) is 8.15. The summed E-state index contributed by atoms with van der Waals surface area (Å²) in [5, 5.41) is 8.65. The molecule has 0 aliphatic carbocycles. The molecule has 1 N–H and O–H groups in total. The molecule has 0 saturated heterocycles. The van der Waals surface area contributed by atoms with E-state index in [9.17, 15) is 4.79 Å². The maximum atomic E-state index is 10.5. The quantitative estimate of drug-likeness (QED) is 0.527. The minimum Gasteiger partial charge on any atom is -0.481 e. The third-order valence-electron chi connectivity index (χ3n) is 1.54. The van der Waals surface area contributed by atoms with Gasteiger partial charge in [0.2, 0.25) is 0 Å². The Balaban J connectivity index is 3.85. The molecule has 10 heavy (non-hydrogen) atoms. The summed E-state index contributed by atoms with van der Waals surface area (Å²) in [5.41, 5.74) is -0.141. The molecule has 60 valence electrons. The molecule has 4 heteroatoms. The van der Waals surface area contributed by atoms with Gasteiger partial charge in [-0.1, -0.05) is 13.1 Å². The maximum Gasteiger partial charge on any atom is 0.303 e. The van der Waals surface area contributed by atoms with Gasteiger partial charge in [0.1, 0.15) is 0 Å². The summed E-state index contributed by atoms with van der Waals surface area (Å²) in [6.07, 6.45) is 0.626. The molecule has 2 nitrogen and oxygen atoms in total. The second kappa shape index (κ2) is 4.74. The summed E-state index contributed by atoms with van der Waals surface area (Å²) >= 11 is 5.44. The van der Waals surface area contributed by atoms with Crippen molar-refractivity contribution in [1.82, 2.24) is 0 Å². The number of hydrogen-bond acceptors (Lipinski definition) is 1. The molecule has 0 heterocycles. The highest BCUT2D eigenvalue weighted by Crippen LogP contribution is 2.15. The molecule has 1 unspecified atom stereocenters. The van der Waals surface area contributed by atoms with Gasteiger partial charge in [-0.2, -0.15) is 0 Å². The molecule has 0 aromatic rings. The number of aliphatic carboxylic acids is 1. The van der Waals surface area contributed by atoms with Crippen LogP contribution in [-0.2, 0) is 4.79 Å². The SMILES string of the molecule is C[SiH](C)C(CCCl)C(=O)O. The number of carboxylic acid groups (broad SMARTS) is 1. The Morgan fingerprint density at radius 2 is 2.20 bits per heavy atom. The van der Waals surface area contributed by atoms with Gasteiger partial charge >= 0.3 is 5.97 Å². The van der Waals surface area contributed by atoms with Crippen molar-refractivity contribution in [3.63, 3.8) is 0 Å². The molecular formula is C6H13ClO2Si. The Labute approximate surface area is 67.8 Å². The average molecular weight is 181 g/mol. The van der Waals surface area contributed by atoms with Crippen LogP contribution in [0.25, 0.3) is 0 Å². The molecule has 0 rings (SSSR count). The van der Waals surface area contributed by atoms with Crippen LogP contribution in [-0.4, -0.2) is 25.8 Å². The van der Waals surface area contributed by atoms with Crippen molar-refractivity contribution in [3.8, 4) is 0 Å². The fourth-order valence-electron chi connectivity index (χ4n) is 0.860. The van der Waals surface area contributed by atoms with Crippen LogP contribution in [0.1, 0.15) is 6.42 Å². The third-order valence-corrected chi connectivity index (χ3v) is 3.99. The highest BCUT2D eigenvalue weighted by molar-refractivity contribution is 6.61. The Hall–Kier alpha value is -0.0231. The van der Waals surface area contributed by atoms with E-state index in [0.717, 1.165) is 0 Å². The molecule has 0 aliphatic rings. The van der Waals surface area contributed by atoms with Crippen molar-refractivity contribution in [1.29, 1.82) is 0 Å². The van der Waals surface area contributed by atoms with Gasteiger partial charge < -0.3 is 5.11 Å². The van der Waals surface area contributed by atoms with E-state index in [0.29, 0.717) is 12.3 Å². The van der Waals surface area contributed by atoms with E-state index in [1.165, 1.54) is 0 Å². The first-order valence-electron chi connectivity index (χ1n) is 3.38. The predicted octanol–water partition coefficient (Wildman–Crippen LogP) is 1.56. The molecule has 0 saturated carbocycles. The first kappa shape index (κ1) is 9.98. The lowest BCUT2D eigenvalue weighted by Gasteiger charge is -2.12. The normalized spacial score (nSPS) is 13.6. The number of carboxylic acids is 1. The fraction of sp³-hybridized carbons (Fsp3) is 0.833. The van der Waals surface area contributed by atoms with Crippen LogP contribution < -0.4 is 0 Å². The molecule has 0 aromatic carbocycles. The van der Waals surface area contributed by atoms with Gasteiger partial charge in [-0.05, 0) is 6.42 Å². The number of alkyl halides is 1. The lowest BCUT2D eigenvalue weighted by molar-refractivity contribution is -0.137. The smallest absolute Gasteiger partial charge is 0.303 e. The molecule has 0 aromatic heterocycles. The van der Waals surface area contributed by atoms with Crippen LogP contribution in [0, 0.1) is 0 Å².